The zero-order valence-corrected chi connectivity index (χ0v) is 8.38. The smallest absolute Gasteiger partial charge is 0.396 e. The summed E-state index contributed by atoms with van der Waals surface area (Å²) < 4.78 is 4.66. The first-order valence-corrected chi connectivity index (χ1v) is 4.50. The molecule has 0 aliphatic carbocycles. The van der Waals surface area contributed by atoms with Crippen molar-refractivity contribution >= 4 is 6.09 Å². The Kier molecular flexibility index (Phi) is 4.19. The van der Waals surface area contributed by atoms with Crippen molar-refractivity contribution in [3.05, 3.63) is 45.8 Å². The molecule has 1 aromatic carbocycles. The summed E-state index contributed by atoms with van der Waals surface area (Å²) in [7, 11) is 0. The molecular weight excluding hydrogens is 194 g/mol. The number of hydrogen-bond acceptors (Lipinski definition) is 2. The molecule has 0 fully saturated rings. The van der Waals surface area contributed by atoms with Crippen LogP contribution < -0.4 is 0 Å². The van der Waals surface area contributed by atoms with E-state index in [1.807, 2.05) is 31.2 Å². The number of ether oxygens (including phenoxy) is 1. The van der Waals surface area contributed by atoms with Gasteiger partial charge < -0.3 is 4.74 Å². The van der Waals surface area contributed by atoms with Gasteiger partial charge in [0.2, 0.25) is 0 Å². The second-order valence-corrected chi connectivity index (χ2v) is 3.04. The molecule has 0 unspecified atom stereocenters. The van der Waals surface area contributed by atoms with Crippen molar-refractivity contribution in [3.63, 3.8) is 0 Å². The molecule has 0 atom stereocenters. The van der Waals surface area contributed by atoms with E-state index in [0.29, 0.717) is 6.42 Å². The highest BCUT2D eigenvalue weighted by Crippen LogP contribution is 2.04. The Morgan fingerprint density at radius 3 is 2.73 bits per heavy atom. The van der Waals surface area contributed by atoms with Gasteiger partial charge in [-0.05, 0) is 18.0 Å². The molecule has 1 amide bonds. The lowest BCUT2D eigenvalue weighted by molar-refractivity contribution is 0.158. The summed E-state index contributed by atoms with van der Waals surface area (Å²) in [6.45, 7) is 2.23. The first kappa shape index (κ1) is 11.1. The molecule has 5 nitrogen and oxygen atoms in total. The number of aryl methyl sites for hydroxylation is 1. The molecule has 1 aromatic rings. The first-order valence-electron chi connectivity index (χ1n) is 4.50. The topological polar surface area (TPSA) is 75.1 Å². The molecule has 0 aliphatic heterocycles. The summed E-state index contributed by atoms with van der Waals surface area (Å²) in [5, 5.41) is 2.79. The number of amides is 1. The first-order chi connectivity index (χ1) is 7.22. The summed E-state index contributed by atoms with van der Waals surface area (Å²) in [6.07, 6.45) is -0.267. The molecule has 0 aliphatic rings. The monoisotopic (exact) mass is 205 g/mol. The van der Waals surface area contributed by atoms with E-state index in [2.05, 4.69) is 14.8 Å². The molecule has 0 saturated heterocycles. The van der Waals surface area contributed by atoms with Gasteiger partial charge in [-0.15, -0.1) is 0 Å². The van der Waals surface area contributed by atoms with Gasteiger partial charge in [0.15, 0.2) is 0 Å². The molecule has 0 bridgehead atoms. The molecule has 0 heterocycles. The van der Waals surface area contributed by atoms with Crippen molar-refractivity contribution in [2.24, 2.45) is 5.11 Å². The van der Waals surface area contributed by atoms with E-state index < -0.39 is 6.09 Å². The van der Waals surface area contributed by atoms with Gasteiger partial charge in [-0.3, -0.25) is 0 Å². The number of benzene rings is 1. The van der Waals surface area contributed by atoms with Crippen LogP contribution >= 0.6 is 0 Å². The molecule has 0 N–H and O–H groups in total. The minimum Gasteiger partial charge on any atom is -0.460 e. The number of azide groups is 1. The third-order valence-corrected chi connectivity index (χ3v) is 1.86. The Hall–Kier alpha value is -2.00. The van der Waals surface area contributed by atoms with E-state index in [1.165, 1.54) is 5.56 Å². The third kappa shape index (κ3) is 4.15. The third-order valence-electron chi connectivity index (χ3n) is 1.86. The zero-order chi connectivity index (χ0) is 11.1. The van der Waals surface area contributed by atoms with Crippen LogP contribution in [-0.4, -0.2) is 12.7 Å². The quantitative estimate of drug-likeness (QED) is 0.432. The Morgan fingerprint density at radius 1 is 1.47 bits per heavy atom. The van der Waals surface area contributed by atoms with Gasteiger partial charge in [-0.2, -0.15) is 0 Å². The van der Waals surface area contributed by atoms with Crippen molar-refractivity contribution in [2.45, 2.75) is 13.3 Å². The van der Waals surface area contributed by atoms with Gasteiger partial charge in [-0.25, -0.2) is 4.79 Å². The fourth-order valence-corrected chi connectivity index (χ4v) is 1.08. The highest BCUT2D eigenvalue weighted by atomic mass is 16.5. The fraction of sp³-hybridized carbons (Fsp3) is 0.300. The summed E-state index contributed by atoms with van der Waals surface area (Å²) in [5.74, 6) is 0. The summed E-state index contributed by atoms with van der Waals surface area (Å²) in [5.41, 5.74) is 10.2. The molecule has 1 rings (SSSR count). The minimum atomic E-state index is -0.885. The second kappa shape index (κ2) is 5.67. The van der Waals surface area contributed by atoms with Crippen molar-refractivity contribution in [1.82, 2.24) is 0 Å². The molecule has 0 saturated carbocycles. The van der Waals surface area contributed by atoms with Gasteiger partial charge in [0.25, 0.3) is 0 Å². The van der Waals surface area contributed by atoms with Crippen LogP contribution in [-0.2, 0) is 11.2 Å². The molecule has 0 aromatic heterocycles. The Bertz CT molecular complexity index is 380. The highest BCUT2D eigenvalue weighted by Gasteiger charge is 1.98. The minimum absolute atomic E-state index is 0.223. The largest absolute Gasteiger partial charge is 0.460 e. The molecule has 78 valence electrons. The van der Waals surface area contributed by atoms with Crippen molar-refractivity contribution in [3.8, 4) is 0 Å². The van der Waals surface area contributed by atoms with E-state index in [9.17, 15) is 4.79 Å². The van der Waals surface area contributed by atoms with Crippen LogP contribution in [0.3, 0.4) is 0 Å². The number of carbonyl (C=O) groups excluding carboxylic acids is 1. The number of carbonyl (C=O) groups is 1. The van der Waals surface area contributed by atoms with Gasteiger partial charge in [0.1, 0.15) is 0 Å². The van der Waals surface area contributed by atoms with Gasteiger partial charge in [0, 0.05) is 16.4 Å². The van der Waals surface area contributed by atoms with E-state index in [1.54, 1.807) is 0 Å². The lowest BCUT2D eigenvalue weighted by Gasteiger charge is -2.01. The summed E-state index contributed by atoms with van der Waals surface area (Å²) in [4.78, 5) is 13.0. The molecular formula is C10H11N3O2. The maximum Gasteiger partial charge on any atom is 0.396 e. The van der Waals surface area contributed by atoms with Crippen LogP contribution in [0.25, 0.3) is 10.4 Å². The summed E-state index contributed by atoms with van der Waals surface area (Å²) in [6, 6.07) is 7.92. The van der Waals surface area contributed by atoms with Crippen LogP contribution in [0.15, 0.2) is 29.4 Å². The molecule has 5 heteroatoms. The SMILES string of the molecule is Cc1ccc(CCOC(=O)N=[N+]=[N-])cc1. The van der Waals surface area contributed by atoms with Crippen LogP contribution in [0, 0.1) is 6.92 Å². The zero-order valence-electron chi connectivity index (χ0n) is 8.38. The lowest BCUT2D eigenvalue weighted by Crippen LogP contribution is -2.02. The number of nitrogens with zero attached hydrogens (tertiary/aromatic N) is 3. The van der Waals surface area contributed by atoms with Crippen molar-refractivity contribution in [2.75, 3.05) is 6.61 Å². The Morgan fingerprint density at radius 2 is 2.13 bits per heavy atom. The van der Waals surface area contributed by atoms with E-state index in [4.69, 9.17) is 5.53 Å². The molecule has 0 radical (unpaired) electrons. The normalized spacial score (nSPS) is 9.13. The van der Waals surface area contributed by atoms with E-state index in [0.717, 1.165) is 5.56 Å². The van der Waals surface area contributed by atoms with Crippen LogP contribution in [0.2, 0.25) is 0 Å². The van der Waals surface area contributed by atoms with Crippen LogP contribution in [0.4, 0.5) is 4.79 Å². The van der Waals surface area contributed by atoms with Gasteiger partial charge >= 0.3 is 6.09 Å². The van der Waals surface area contributed by atoms with Gasteiger partial charge in [0.05, 0.1) is 6.61 Å². The molecule has 15 heavy (non-hydrogen) atoms. The Labute approximate surface area is 87.3 Å². The highest BCUT2D eigenvalue weighted by molar-refractivity contribution is 5.67. The van der Waals surface area contributed by atoms with Crippen molar-refractivity contribution < 1.29 is 9.53 Å². The number of rotatable bonds is 3. The van der Waals surface area contributed by atoms with Crippen LogP contribution in [0.5, 0.6) is 0 Å². The van der Waals surface area contributed by atoms with E-state index >= 15 is 0 Å². The van der Waals surface area contributed by atoms with Crippen LogP contribution in [0.1, 0.15) is 11.1 Å². The fourth-order valence-electron chi connectivity index (χ4n) is 1.08. The van der Waals surface area contributed by atoms with E-state index in [-0.39, 0.29) is 6.61 Å². The second-order valence-electron chi connectivity index (χ2n) is 3.04. The predicted octanol–water partition coefficient (Wildman–Crippen LogP) is 2.98. The molecule has 0 spiro atoms. The maximum absolute atomic E-state index is 10.6. The summed E-state index contributed by atoms with van der Waals surface area (Å²) >= 11 is 0. The number of hydrogen-bond donors (Lipinski definition) is 0. The predicted molar refractivity (Wildman–Crippen MR) is 55.4 cm³/mol. The standard InChI is InChI=1S/C10H11N3O2/c1-8-2-4-9(5-3-8)6-7-15-10(14)12-13-11/h2-5H,6-7H2,1H3. The average molecular weight is 205 g/mol. The average Bonchev–Trinajstić information content (AvgIpc) is 2.21. The maximum atomic E-state index is 10.6. The van der Waals surface area contributed by atoms with Gasteiger partial charge in [-0.1, -0.05) is 29.8 Å². The Balaban J connectivity index is 2.35. The van der Waals surface area contributed by atoms with Crippen molar-refractivity contribution in [1.29, 1.82) is 0 Å². The lowest BCUT2D eigenvalue weighted by atomic mass is 10.1.